The van der Waals surface area contributed by atoms with Crippen molar-refractivity contribution < 1.29 is 14.7 Å². The zero-order chi connectivity index (χ0) is 19.6. The summed E-state index contributed by atoms with van der Waals surface area (Å²) >= 11 is 0. The van der Waals surface area contributed by atoms with Crippen molar-refractivity contribution >= 4 is 11.8 Å². The van der Waals surface area contributed by atoms with Crippen LogP contribution in [0.1, 0.15) is 30.5 Å². The van der Waals surface area contributed by atoms with Gasteiger partial charge in [0.25, 0.3) is 0 Å². The molecule has 2 aliphatic heterocycles. The molecular formula is C21H24N4O3. The fraction of sp³-hybridized carbons (Fsp3) is 0.429. The van der Waals surface area contributed by atoms with Crippen molar-refractivity contribution in [2.24, 2.45) is 5.92 Å². The average molecular weight is 380 g/mol. The van der Waals surface area contributed by atoms with Crippen LogP contribution in [0.25, 0.3) is 0 Å². The molecule has 0 bridgehead atoms. The number of aromatic nitrogens is 2. The average Bonchev–Trinajstić information content (AvgIpc) is 3.10. The van der Waals surface area contributed by atoms with Gasteiger partial charge in [0.2, 0.25) is 11.8 Å². The molecule has 7 nitrogen and oxygen atoms in total. The van der Waals surface area contributed by atoms with Gasteiger partial charge in [-0.05, 0) is 31.0 Å². The molecule has 2 aromatic heterocycles. The van der Waals surface area contributed by atoms with Crippen LogP contribution in [0.15, 0.2) is 48.9 Å². The SMILES string of the molecule is O=C1C[C@H](C(=O)N2CCC(O)(c3cccnc3)CC2)CN1Cc1ccccn1. The summed E-state index contributed by atoms with van der Waals surface area (Å²) in [5, 5.41) is 10.9. The van der Waals surface area contributed by atoms with E-state index in [0.717, 1.165) is 11.3 Å². The molecule has 0 spiro atoms. The fourth-order valence-corrected chi connectivity index (χ4v) is 4.06. The van der Waals surface area contributed by atoms with Crippen molar-refractivity contribution in [1.29, 1.82) is 0 Å². The quantitative estimate of drug-likeness (QED) is 0.865. The topological polar surface area (TPSA) is 86.6 Å². The number of pyridine rings is 2. The second kappa shape index (κ2) is 7.67. The fourth-order valence-electron chi connectivity index (χ4n) is 4.06. The highest BCUT2D eigenvalue weighted by atomic mass is 16.3. The van der Waals surface area contributed by atoms with Gasteiger partial charge < -0.3 is 14.9 Å². The first-order chi connectivity index (χ1) is 13.5. The first-order valence-electron chi connectivity index (χ1n) is 9.64. The Morgan fingerprint density at radius 2 is 2.00 bits per heavy atom. The molecule has 7 heteroatoms. The molecule has 0 saturated carbocycles. The molecule has 1 N–H and O–H groups in total. The summed E-state index contributed by atoms with van der Waals surface area (Å²) in [7, 11) is 0. The van der Waals surface area contributed by atoms with Crippen molar-refractivity contribution in [1.82, 2.24) is 19.8 Å². The number of likely N-dealkylation sites (tertiary alicyclic amines) is 2. The van der Waals surface area contributed by atoms with Crippen molar-refractivity contribution in [3.63, 3.8) is 0 Å². The zero-order valence-electron chi connectivity index (χ0n) is 15.7. The van der Waals surface area contributed by atoms with Crippen LogP contribution in [0.4, 0.5) is 0 Å². The molecule has 4 rings (SSSR count). The molecule has 146 valence electrons. The van der Waals surface area contributed by atoms with Crippen LogP contribution in [-0.2, 0) is 21.7 Å². The summed E-state index contributed by atoms with van der Waals surface area (Å²) in [4.78, 5) is 37.1. The van der Waals surface area contributed by atoms with E-state index in [0.29, 0.717) is 39.0 Å². The second-order valence-corrected chi connectivity index (χ2v) is 7.59. The maximum Gasteiger partial charge on any atom is 0.227 e. The van der Waals surface area contributed by atoms with E-state index in [-0.39, 0.29) is 24.2 Å². The lowest BCUT2D eigenvalue weighted by Gasteiger charge is -2.39. The van der Waals surface area contributed by atoms with E-state index < -0.39 is 5.60 Å². The lowest BCUT2D eigenvalue weighted by atomic mass is 9.85. The molecule has 0 radical (unpaired) electrons. The first kappa shape index (κ1) is 18.6. The summed E-state index contributed by atoms with van der Waals surface area (Å²) in [6.07, 6.45) is 6.26. The predicted octanol–water partition coefficient (Wildman–Crippen LogP) is 1.34. The summed E-state index contributed by atoms with van der Waals surface area (Å²) in [6.45, 7) is 1.83. The number of hydrogen-bond donors (Lipinski definition) is 1. The largest absolute Gasteiger partial charge is 0.385 e. The van der Waals surface area contributed by atoms with Crippen LogP contribution < -0.4 is 0 Å². The number of carbonyl (C=O) groups is 2. The minimum atomic E-state index is -0.943. The lowest BCUT2D eigenvalue weighted by Crippen LogP contribution is -2.47. The Bertz CT molecular complexity index is 835. The maximum atomic E-state index is 12.9. The van der Waals surface area contributed by atoms with Gasteiger partial charge in [0.05, 0.1) is 23.8 Å². The molecule has 2 aromatic rings. The molecule has 4 heterocycles. The van der Waals surface area contributed by atoms with E-state index >= 15 is 0 Å². The molecule has 2 aliphatic rings. The van der Waals surface area contributed by atoms with Gasteiger partial charge in [-0.2, -0.15) is 0 Å². The Balaban J connectivity index is 1.35. The summed E-state index contributed by atoms with van der Waals surface area (Å²) in [5.74, 6) is -0.321. The van der Waals surface area contributed by atoms with Gasteiger partial charge in [-0.25, -0.2) is 0 Å². The first-order valence-corrected chi connectivity index (χ1v) is 9.64. The summed E-state index contributed by atoms with van der Waals surface area (Å²) in [5.41, 5.74) is 0.671. The van der Waals surface area contributed by atoms with Gasteiger partial charge >= 0.3 is 0 Å². The van der Waals surface area contributed by atoms with E-state index in [2.05, 4.69) is 9.97 Å². The third-order valence-corrected chi connectivity index (χ3v) is 5.74. The number of amides is 2. The zero-order valence-corrected chi connectivity index (χ0v) is 15.7. The van der Waals surface area contributed by atoms with Gasteiger partial charge in [0, 0.05) is 50.2 Å². The third-order valence-electron chi connectivity index (χ3n) is 5.74. The highest BCUT2D eigenvalue weighted by molar-refractivity contribution is 5.89. The van der Waals surface area contributed by atoms with Gasteiger partial charge in [-0.1, -0.05) is 12.1 Å². The van der Waals surface area contributed by atoms with Crippen molar-refractivity contribution in [3.8, 4) is 0 Å². The number of rotatable bonds is 4. The van der Waals surface area contributed by atoms with Crippen LogP contribution in [0.2, 0.25) is 0 Å². The molecule has 0 unspecified atom stereocenters. The number of nitrogens with zero attached hydrogens (tertiary/aromatic N) is 4. The Labute approximate surface area is 164 Å². The Hall–Kier alpha value is -2.80. The number of piperidine rings is 1. The van der Waals surface area contributed by atoms with Gasteiger partial charge in [-0.3, -0.25) is 19.6 Å². The lowest BCUT2D eigenvalue weighted by molar-refractivity contribution is -0.140. The molecular weight excluding hydrogens is 356 g/mol. The highest BCUT2D eigenvalue weighted by Gasteiger charge is 2.40. The molecule has 1 atom stereocenters. The monoisotopic (exact) mass is 380 g/mol. The van der Waals surface area contributed by atoms with Gasteiger partial charge in [0.15, 0.2) is 0 Å². The van der Waals surface area contributed by atoms with Crippen LogP contribution in [-0.4, -0.2) is 56.3 Å². The van der Waals surface area contributed by atoms with Crippen LogP contribution >= 0.6 is 0 Å². The van der Waals surface area contributed by atoms with Crippen LogP contribution in [0.5, 0.6) is 0 Å². The van der Waals surface area contributed by atoms with Crippen LogP contribution in [0, 0.1) is 5.92 Å². The van der Waals surface area contributed by atoms with E-state index in [4.69, 9.17) is 0 Å². The maximum absolute atomic E-state index is 12.9. The summed E-state index contributed by atoms with van der Waals surface area (Å²) in [6, 6.07) is 9.29. The van der Waals surface area contributed by atoms with E-state index in [9.17, 15) is 14.7 Å². The smallest absolute Gasteiger partial charge is 0.227 e. The normalized spacial score (nSPS) is 21.8. The molecule has 2 saturated heterocycles. The van der Waals surface area contributed by atoms with Gasteiger partial charge in [-0.15, -0.1) is 0 Å². The van der Waals surface area contributed by atoms with E-state index in [1.54, 1.807) is 28.4 Å². The Kier molecular flexibility index (Phi) is 5.09. The number of aliphatic hydroxyl groups is 1. The third kappa shape index (κ3) is 3.75. The molecule has 2 amide bonds. The van der Waals surface area contributed by atoms with Gasteiger partial charge in [0.1, 0.15) is 0 Å². The Morgan fingerprint density at radius 1 is 1.18 bits per heavy atom. The minimum absolute atomic E-state index is 0.00473. The number of hydrogen-bond acceptors (Lipinski definition) is 5. The molecule has 0 aromatic carbocycles. The van der Waals surface area contributed by atoms with Crippen LogP contribution in [0.3, 0.4) is 0 Å². The van der Waals surface area contributed by atoms with Crippen molar-refractivity contribution in [3.05, 3.63) is 60.2 Å². The van der Waals surface area contributed by atoms with E-state index in [1.165, 1.54) is 0 Å². The Morgan fingerprint density at radius 3 is 2.68 bits per heavy atom. The molecule has 28 heavy (non-hydrogen) atoms. The summed E-state index contributed by atoms with van der Waals surface area (Å²) < 4.78 is 0. The minimum Gasteiger partial charge on any atom is -0.385 e. The van der Waals surface area contributed by atoms with E-state index in [1.807, 2.05) is 30.3 Å². The number of carbonyl (C=O) groups excluding carboxylic acids is 2. The predicted molar refractivity (Wildman–Crippen MR) is 102 cm³/mol. The van der Waals surface area contributed by atoms with Crippen molar-refractivity contribution in [2.75, 3.05) is 19.6 Å². The molecule has 2 fully saturated rings. The highest BCUT2D eigenvalue weighted by Crippen LogP contribution is 2.33. The molecule has 0 aliphatic carbocycles. The van der Waals surface area contributed by atoms with Crippen molar-refractivity contribution in [2.45, 2.75) is 31.4 Å². The second-order valence-electron chi connectivity index (χ2n) is 7.59. The standard InChI is InChI=1S/C21H24N4O3/c26-19-12-16(14-25(19)15-18-5-1-2-9-23-18)20(27)24-10-6-21(28,7-11-24)17-4-3-8-22-13-17/h1-5,8-9,13,16,28H,6-7,10-12,14-15H2/t16-/m0/s1.